The van der Waals surface area contributed by atoms with Gasteiger partial charge in [-0.25, -0.2) is 0 Å². The van der Waals surface area contributed by atoms with E-state index in [9.17, 15) is 0 Å². The van der Waals surface area contributed by atoms with E-state index in [4.69, 9.17) is 23.2 Å². The van der Waals surface area contributed by atoms with Crippen LogP contribution in [0, 0.1) is 0 Å². The van der Waals surface area contributed by atoms with Gasteiger partial charge in [0.1, 0.15) is 0 Å². The van der Waals surface area contributed by atoms with Crippen LogP contribution in [0.25, 0.3) is 0 Å². The molecule has 1 heterocycles. The summed E-state index contributed by atoms with van der Waals surface area (Å²) in [6, 6.07) is 7.93. The van der Waals surface area contributed by atoms with Gasteiger partial charge in [-0.1, -0.05) is 23.2 Å². The zero-order valence-electron chi connectivity index (χ0n) is 10.5. The molecule has 3 rings (SSSR count). The first-order valence-electron chi connectivity index (χ1n) is 6.47. The first-order chi connectivity index (χ1) is 9.22. The summed E-state index contributed by atoms with van der Waals surface area (Å²) in [5.41, 5.74) is 2.61. The zero-order valence-corrected chi connectivity index (χ0v) is 12.8. The Morgan fingerprint density at radius 2 is 2.00 bits per heavy atom. The number of hydrogen-bond donors (Lipinski definition) is 1. The van der Waals surface area contributed by atoms with E-state index in [2.05, 4.69) is 11.4 Å². The highest BCUT2D eigenvalue weighted by Crippen LogP contribution is 2.30. The number of benzene rings is 1. The van der Waals surface area contributed by atoms with Gasteiger partial charge >= 0.3 is 0 Å². The molecule has 0 aliphatic heterocycles. The molecule has 19 heavy (non-hydrogen) atoms. The van der Waals surface area contributed by atoms with Crippen LogP contribution in [0.1, 0.15) is 27.3 Å². The molecule has 1 aromatic carbocycles. The summed E-state index contributed by atoms with van der Waals surface area (Å²) >= 11 is 14.1. The van der Waals surface area contributed by atoms with Gasteiger partial charge in [0.25, 0.3) is 0 Å². The molecule has 0 saturated carbocycles. The fraction of sp³-hybridized carbons (Fsp3) is 0.333. The highest BCUT2D eigenvalue weighted by Gasteiger charge is 2.14. The Bertz CT molecular complexity index is 570. The Hall–Kier alpha value is -0.540. The Labute approximate surface area is 127 Å². The third kappa shape index (κ3) is 3.14. The first kappa shape index (κ1) is 13.4. The normalized spacial score (nSPS) is 13.8. The molecule has 0 unspecified atom stereocenters. The van der Waals surface area contributed by atoms with Gasteiger partial charge in [-0.2, -0.15) is 0 Å². The minimum absolute atomic E-state index is 0.733. The minimum Gasteiger partial charge on any atom is -0.308 e. The molecule has 1 N–H and O–H groups in total. The molecule has 1 aliphatic rings. The molecule has 0 amide bonds. The van der Waals surface area contributed by atoms with Crippen molar-refractivity contribution < 1.29 is 0 Å². The number of aryl methyl sites for hydroxylation is 2. The van der Waals surface area contributed by atoms with Gasteiger partial charge in [0.15, 0.2) is 0 Å². The maximum absolute atomic E-state index is 6.14. The third-order valence-corrected chi connectivity index (χ3v) is 5.26. The molecule has 0 spiro atoms. The van der Waals surface area contributed by atoms with Crippen LogP contribution in [0.3, 0.4) is 0 Å². The molecule has 0 radical (unpaired) electrons. The molecule has 0 saturated heterocycles. The van der Waals surface area contributed by atoms with Crippen LogP contribution in [-0.4, -0.2) is 0 Å². The average molecular weight is 312 g/mol. The quantitative estimate of drug-likeness (QED) is 0.852. The van der Waals surface area contributed by atoms with E-state index in [1.807, 2.05) is 29.5 Å². The van der Waals surface area contributed by atoms with Gasteiger partial charge in [-0.05, 0) is 54.7 Å². The Kier molecular flexibility index (Phi) is 4.13. The summed E-state index contributed by atoms with van der Waals surface area (Å²) < 4.78 is 0. The second-order valence-corrected chi connectivity index (χ2v) is 6.92. The van der Waals surface area contributed by atoms with E-state index in [0.717, 1.165) is 28.7 Å². The highest BCUT2D eigenvalue weighted by atomic mass is 35.5. The highest BCUT2D eigenvalue weighted by molar-refractivity contribution is 7.12. The second kappa shape index (κ2) is 5.84. The maximum atomic E-state index is 6.14. The summed E-state index contributed by atoms with van der Waals surface area (Å²) in [6.07, 6.45) is 3.85. The average Bonchev–Trinajstić information content (AvgIpc) is 2.94. The van der Waals surface area contributed by atoms with Crippen LogP contribution in [0.15, 0.2) is 24.3 Å². The van der Waals surface area contributed by atoms with E-state index >= 15 is 0 Å². The number of hydrogen-bond acceptors (Lipinski definition) is 2. The molecule has 4 heteroatoms. The first-order valence-corrected chi connectivity index (χ1v) is 8.05. The van der Waals surface area contributed by atoms with Crippen molar-refractivity contribution in [1.29, 1.82) is 0 Å². The van der Waals surface area contributed by atoms with E-state index in [0.29, 0.717) is 0 Å². The molecule has 0 bridgehead atoms. The van der Waals surface area contributed by atoms with Crippen molar-refractivity contribution in [2.45, 2.75) is 32.4 Å². The van der Waals surface area contributed by atoms with Crippen LogP contribution in [-0.2, 0) is 25.9 Å². The van der Waals surface area contributed by atoms with Crippen LogP contribution in [0.5, 0.6) is 0 Å². The number of fused-ring (bicyclic) bond motifs is 1. The van der Waals surface area contributed by atoms with Gasteiger partial charge < -0.3 is 5.32 Å². The third-order valence-electron chi connectivity index (χ3n) is 3.42. The van der Waals surface area contributed by atoms with Crippen molar-refractivity contribution in [2.24, 2.45) is 0 Å². The summed E-state index contributed by atoms with van der Waals surface area (Å²) in [5, 5.41) is 4.94. The monoisotopic (exact) mass is 311 g/mol. The lowest BCUT2D eigenvalue weighted by Gasteiger charge is -2.06. The lowest BCUT2D eigenvalue weighted by molar-refractivity contribution is 0.700. The second-order valence-electron chi connectivity index (χ2n) is 4.85. The van der Waals surface area contributed by atoms with Crippen LogP contribution < -0.4 is 5.32 Å². The summed E-state index contributed by atoms with van der Waals surface area (Å²) in [6.45, 7) is 1.66. The van der Waals surface area contributed by atoms with Crippen LogP contribution in [0.2, 0.25) is 10.0 Å². The molecule has 0 atom stereocenters. The fourth-order valence-corrected chi connectivity index (χ4v) is 4.09. The van der Waals surface area contributed by atoms with Gasteiger partial charge in [0.2, 0.25) is 0 Å². The number of thiophene rings is 1. The summed E-state index contributed by atoms with van der Waals surface area (Å²) in [5.74, 6) is 0. The van der Waals surface area contributed by atoms with Crippen molar-refractivity contribution in [2.75, 3.05) is 0 Å². The van der Waals surface area contributed by atoms with Gasteiger partial charge in [-0.15, -0.1) is 11.3 Å². The van der Waals surface area contributed by atoms with Crippen molar-refractivity contribution in [3.8, 4) is 0 Å². The zero-order chi connectivity index (χ0) is 13.2. The SMILES string of the molecule is Clc1ccc(Cl)c(CNCc2cc3c(s2)CCC3)c1. The molecular weight excluding hydrogens is 297 g/mol. The minimum atomic E-state index is 0.733. The van der Waals surface area contributed by atoms with Gasteiger partial charge in [-0.3, -0.25) is 0 Å². The summed E-state index contributed by atoms with van der Waals surface area (Å²) in [7, 11) is 0. The van der Waals surface area contributed by atoms with E-state index < -0.39 is 0 Å². The van der Waals surface area contributed by atoms with Crippen molar-refractivity contribution in [1.82, 2.24) is 5.32 Å². The van der Waals surface area contributed by atoms with E-state index in [1.54, 1.807) is 10.4 Å². The van der Waals surface area contributed by atoms with Crippen LogP contribution >= 0.6 is 34.5 Å². The molecule has 0 fully saturated rings. The Morgan fingerprint density at radius 1 is 1.11 bits per heavy atom. The molecule has 2 aromatic rings. The van der Waals surface area contributed by atoms with Gasteiger partial charge in [0.05, 0.1) is 0 Å². The predicted octanol–water partition coefficient (Wildman–Crippen LogP) is 4.83. The largest absolute Gasteiger partial charge is 0.308 e. The fourth-order valence-electron chi connectivity index (χ4n) is 2.48. The van der Waals surface area contributed by atoms with Crippen molar-refractivity contribution in [3.05, 3.63) is 55.2 Å². The smallest absolute Gasteiger partial charge is 0.0451 e. The number of rotatable bonds is 4. The molecule has 1 aliphatic carbocycles. The topological polar surface area (TPSA) is 12.0 Å². The lowest BCUT2D eigenvalue weighted by Crippen LogP contribution is -2.12. The maximum Gasteiger partial charge on any atom is 0.0451 e. The Balaban J connectivity index is 1.59. The standard InChI is InChI=1S/C15H15Cl2NS/c16-12-4-5-14(17)11(6-12)8-18-9-13-7-10-2-1-3-15(10)19-13/h4-7,18H,1-3,8-9H2. The Morgan fingerprint density at radius 3 is 2.84 bits per heavy atom. The summed E-state index contributed by atoms with van der Waals surface area (Å²) in [4.78, 5) is 3.00. The van der Waals surface area contributed by atoms with Gasteiger partial charge in [0, 0.05) is 32.9 Å². The lowest BCUT2D eigenvalue weighted by atomic mass is 10.2. The molecule has 1 aromatic heterocycles. The van der Waals surface area contributed by atoms with Crippen molar-refractivity contribution in [3.63, 3.8) is 0 Å². The van der Waals surface area contributed by atoms with Crippen molar-refractivity contribution >= 4 is 34.5 Å². The molecule has 1 nitrogen and oxygen atoms in total. The molecular formula is C15H15Cl2NS. The number of nitrogens with one attached hydrogen (secondary N) is 1. The predicted molar refractivity (Wildman–Crippen MR) is 83.3 cm³/mol. The molecule has 100 valence electrons. The number of halogens is 2. The van der Waals surface area contributed by atoms with E-state index in [-0.39, 0.29) is 0 Å². The van der Waals surface area contributed by atoms with Crippen LogP contribution in [0.4, 0.5) is 0 Å². The van der Waals surface area contributed by atoms with E-state index in [1.165, 1.54) is 24.1 Å².